The summed E-state index contributed by atoms with van der Waals surface area (Å²) in [6.07, 6.45) is 7.64. The largest absolute Gasteiger partial charge is 0.367 e. The fourth-order valence-corrected chi connectivity index (χ4v) is 3.38. The van der Waals surface area contributed by atoms with Crippen molar-refractivity contribution in [3.63, 3.8) is 0 Å². The van der Waals surface area contributed by atoms with E-state index in [1.165, 1.54) is 30.3 Å². The molecule has 3 rings (SSSR count). The Morgan fingerprint density at radius 2 is 2.22 bits per heavy atom. The highest BCUT2D eigenvalue weighted by Gasteiger charge is 2.37. The Labute approximate surface area is 106 Å². The zero-order chi connectivity index (χ0) is 12.5. The second-order valence-corrected chi connectivity index (χ2v) is 5.29. The van der Waals surface area contributed by atoms with Crippen LogP contribution in [0.5, 0.6) is 0 Å². The van der Waals surface area contributed by atoms with Gasteiger partial charge < -0.3 is 10.6 Å². The number of carbonyl (C=O) groups excluding carboxylic acids is 1. The molecule has 1 aromatic rings. The smallest absolute Gasteiger partial charge is 0.244 e. The predicted molar refractivity (Wildman–Crippen MR) is 66.5 cm³/mol. The molecule has 2 heterocycles. The molecule has 0 radical (unpaired) electrons. The molecule has 2 fully saturated rings. The predicted octanol–water partition coefficient (Wildman–Crippen LogP) is 0.651. The summed E-state index contributed by atoms with van der Waals surface area (Å²) in [5.41, 5.74) is 5.45. The van der Waals surface area contributed by atoms with Crippen molar-refractivity contribution in [2.24, 2.45) is 5.92 Å². The highest BCUT2D eigenvalue weighted by molar-refractivity contribution is 5.76. The molecule has 1 aromatic heterocycles. The van der Waals surface area contributed by atoms with Gasteiger partial charge >= 0.3 is 0 Å². The first-order valence-electron chi connectivity index (χ1n) is 6.68. The summed E-state index contributed by atoms with van der Waals surface area (Å²) in [6.45, 7) is 1.15. The van der Waals surface area contributed by atoms with Gasteiger partial charge in [0, 0.05) is 12.6 Å². The molecule has 1 aliphatic heterocycles. The van der Waals surface area contributed by atoms with Crippen LogP contribution in [0.15, 0.2) is 6.33 Å². The number of hydrogen-bond donors (Lipinski definition) is 1. The van der Waals surface area contributed by atoms with Gasteiger partial charge in [0.1, 0.15) is 12.9 Å². The van der Waals surface area contributed by atoms with Crippen LogP contribution in [-0.2, 0) is 11.3 Å². The summed E-state index contributed by atoms with van der Waals surface area (Å²) in [4.78, 5) is 18.2. The van der Waals surface area contributed by atoms with Crippen molar-refractivity contribution in [1.29, 1.82) is 0 Å². The number of nitrogens with zero attached hydrogens (tertiary/aromatic N) is 4. The topological polar surface area (TPSA) is 77.0 Å². The van der Waals surface area contributed by atoms with Crippen LogP contribution >= 0.6 is 0 Å². The number of carbonyl (C=O) groups is 1. The van der Waals surface area contributed by atoms with E-state index < -0.39 is 0 Å². The molecule has 1 aliphatic carbocycles. The molecule has 2 unspecified atom stereocenters. The minimum atomic E-state index is 0.150. The molecular formula is C12H19N5O. The van der Waals surface area contributed by atoms with Crippen molar-refractivity contribution in [1.82, 2.24) is 19.7 Å². The molecule has 6 nitrogen and oxygen atoms in total. The van der Waals surface area contributed by atoms with Gasteiger partial charge in [-0.3, -0.25) is 4.79 Å². The Kier molecular flexibility index (Phi) is 2.93. The summed E-state index contributed by atoms with van der Waals surface area (Å²) in [5, 5.41) is 3.97. The van der Waals surface area contributed by atoms with E-state index in [0.29, 0.717) is 6.04 Å². The average molecular weight is 249 g/mol. The molecule has 1 amide bonds. The normalized spacial score (nSPS) is 27.2. The third-order valence-corrected chi connectivity index (χ3v) is 4.17. The molecular weight excluding hydrogens is 230 g/mol. The van der Waals surface area contributed by atoms with Gasteiger partial charge in [-0.05, 0) is 31.6 Å². The van der Waals surface area contributed by atoms with Crippen molar-refractivity contribution in [3.05, 3.63) is 6.33 Å². The van der Waals surface area contributed by atoms with Crippen molar-refractivity contribution >= 4 is 11.9 Å². The fraction of sp³-hybridized carbons (Fsp3) is 0.750. The molecule has 1 saturated heterocycles. The third-order valence-electron chi connectivity index (χ3n) is 4.17. The molecule has 2 aliphatic rings. The lowest BCUT2D eigenvalue weighted by atomic mass is 9.92. The molecule has 18 heavy (non-hydrogen) atoms. The van der Waals surface area contributed by atoms with Crippen molar-refractivity contribution in [2.45, 2.75) is 44.7 Å². The lowest BCUT2D eigenvalue weighted by molar-refractivity contribution is -0.136. The van der Waals surface area contributed by atoms with E-state index in [1.54, 1.807) is 0 Å². The second kappa shape index (κ2) is 4.59. The summed E-state index contributed by atoms with van der Waals surface area (Å²) in [7, 11) is 0. The number of hydrogen-bond acceptors (Lipinski definition) is 4. The first kappa shape index (κ1) is 11.5. The molecule has 98 valence electrons. The summed E-state index contributed by atoms with van der Waals surface area (Å²) in [6, 6.07) is 0.465. The number of aromatic nitrogens is 3. The van der Waals surface area contributed by atoms with Gasteiger partial charge in [-0.15, -0.1) is 5.10 Å². The van der Waals surface area contributed by atoms with E-state index in [9.17, 15) is 4.79 Å². The first-order valence-corrected chi connectivity index (χ1v) is 6.68. The number of nitrogens with two attached hydrogens (primary N) is 1. The SMILES string of the molecule is Nc1ncn(CC(=O)N2CCCC3CCCC32)n1. The van der Waals surface area contributed by atoms with Gasteiger partial charge in [-0.2, -0.15) is 0 Å². The maximum atomic E-state index is 12.3. The maximum Gasteiger partial charge on any atom is 0.244 e. The van der Waals surface area contributed by atoms with Crippen LogP contribution in [0.3, 0.4) is 0 Å². The highest BCUT2D eigenvalue weighted by atomic mass is 16.2. The van der Waals surface area contributed by atoms with Gasteiger partial charge in [0.2, 0.25) is 11.9 Å². The minimum absolute atomic E-state index is 0.150. The Morgan fingerprint density at radius 3 is 3.00 bits per heavy atom. The first-order chi connectivity index (χ1) is 8.74. The van der Waals surface area contributed by atoms with E-state index in [4.69, 9.17) is 5.73 Å². The molecule has 0 spiro atoms. The summed E-state index contributed by atoms with van der Waals surface area (Å²) < 4.78 is 1.52. The van der Waals surface area contributed by atoms with Gasteiger partial charge in [-0.1, -0.05) is 6.42 Å². The minimum Gasteiger partial charge on any atom is -0.367 e. The van der Waals surface area contributed by atoms with E-state index in [-0.39, 0.29) is 18.4 Å². The van der Waals surface area contributed by atoms with Crippen molar-refractivity contribution in [3.8, 4) is 0 Å². The number of likely N-dealkylation sites (tertiary alicyclic amines) is 1. The number of fused-ring (bicyclic) bond motifs is 1. The van der Waals surface area contributed by atoms with Gasteiger partial charge in [0.25, 0.3) is 0 Å². The number of nitrogen functional groups attached to an aromatic ring is 1. The van der Waals surface area contributed by atoms with E-state index in [2.05, 4.69) is 15.0 Å². The van der Waals surface area contributed by atoms with E-state index >= 15 is 0 Å². The molecule has 0 bridgehead atoms. The quantitative estimate of drug-likeness (QED) is 0.835. The van der Waals surface area contributed by atoms with Crippen LogP contribution in [-0.4, -0.2) is 38.2 Å². The fourth-order valence-electron chi connectivity index (χ4n) is 3.38. The van der Waals surface area contributed by atoms with Crippen molar-refractivity contribution in [2.75, 3.05) is 12.3 Å². The van der Waals surface area contributed by atoms with Crippen LogP contribution in [0.1, 0.15) is 32.1 Å². The van der Waals surface area contributed by atoms with Crippen LogP contribution in [0.25, 0.3) is 0 Å². The Bertz CT molecular complexity index is 443. The highest BCUT2D eigenvalue weighted by Crippen LogP contribution is 2.36. The van der Waals surface area contributed by atoms with Crippen LogP contribution in [0.4, 0.5) is 5.95 Å². The Hall–Kier alpha value is -1.59. The monoisotopic (exact) mass is 249 g/mol. The Balaban J connectivity index is 1.68. The van der Waals surface area contributed by atoms with E-state index in [1.807, 2.05) is 0 Å². The van der Waals surface area contributed by atoms with Crippen molar-refractivity contribution < 1.29 is 4.79 Å². The van der Waals surface area contributed by atoms with Gasteiger partial charge in [-0.25, -0.2) is 9.67 Å². The zero-order valence-electron chi connectivity index (χ0n) is 10.5. The number of piperidine rings is 1. The molecule has 6 heteroatoms. The number of anilines is 1. The Morgan fingerprint density at radius 1 is 1.39 bits per heavy atom. The number of amides is 1. The molecule has 1 saturated carbocycles. The van der Waals surface area contributed by atoms with Crippen LogP contribution in [0, 0.1) is 5.92 Å². The molecule has 0 aromatic carbocycles. The van der Waals surface area contributed by atoms with Crippen LogP contribution in [0.2, 0.25) is 0 Å². The maximum absolute atomic E-state index is 12.3. The summed E-state index contributed by atoms with van der Waals surface area (Å²) >= 11 is 0. The molecule has 2 atom stereocenters. The van der Waals surface area contributed by atoms with Gasteiger partial charge in [0.15, 0.2) is 0 Å². The number of rotatable bonds is 2. The standard InChI is InChI=1S/C12H19N5O/c13-12-14-8-16(15-12)7-11(18)17-6-2-4-9-3-1-5-10(9)17/h8-10H,1-7H2,(H2,13,15). The van der Waals surface area contributed by atoms with E-state index in [0.717, 1.165) is 25.3 Å². The average Bonchev–Trinajstić information content (AvgIpc) is 2.97. The second-order valence-electron chi connectivity index (χ2n) is 5.29. The zero-order valence-corrected chi connectivity index (χ0v) is 10.5. The molecule has 2 N–H and O–H groups in total. The third kappa shape index (κ3) is 2.07. The lowest BCUT2D eigenvalue weighted by Crippen LogP contribution is -2.47. The van der Waals surface area contributed by atoms with Gasteiger partial charge in [0.05, 0.1) is 0 Å². The van der Waals surface area contributed by atoms with Crippen LogP contribution < -0.4 is 5.73 Å². The summed E-state index contributed by atoms with van der Waals surface area (Å²) in [5.74, 6) is 1.10. The lowest BCUT2D eigenvalue weighted by Gasteiger charge is -2.37.